The molecule has 1 aliphatic rings. The van der Waals surface area contributed by atoms with E-state index in [-0.39, 0.29) is 5.91 Å². The van der Waals surface area contributed by atoms with E-state index in [9.17, 15) is 4.79 Å². The van der Waals surface area contributed by atoms with E-state index < -0.39 is 0 Å². The maximum absolute atomic E-state index is 11.7. The summed E-state index contributed by atoms with van der Waals surface area (Å²) >= 11 is 0. The molecule has 5 nitrogen and oxygen atoms in total. The molecule has 0 radical (unpaired) electrons. The van der Waals surface area contributed by atoms with Crippen LogP contribution in [0, 0.1) is 0 Å². The van der Waals surface area contributed by atoms with Crippen LogP contribution in [0.4, 0.5) is 0 Å². The van der Waals surface area contributed by atoms with Crippen LogP contribution in [-0.4, -0.2) is 74.6 Å². The first-order chi connectivity index (χ1) is 8.76. The highest BCUT2D eigenvalue weighted by atomic mass is 16.2. The zero-order valence-electron chi connectivity index (χ0n) is 11.9. The fourth-order valence-electron chi connectivity index (χ4n) is 2.11. The number of hydrogen-bond donors (Lipinski definition) is 2. The summed E-state index contributed by atoms with van der Waals surface area (Å²) in [5.41, 5.74) is 0. The molecule has 1 rings (SSSR count). The van der Waals surface area contributed by atoms with E-state index in [0.717, 1.165) is 58.8 Å². The van der Waals surface area contributed by atoms with Crippen molar-refractivity contribution in [3.63, 3.8) is 0 Å². The fraction of sp³-hybridized carbons (Fsp3) is 0.923. The van der Waals surface area contributed by atoms with E-state index >= 15 is 0 Å². The van der Waals surface area contributed by atoms with Gasteiger partial charge in [0.25, 0.3) is 0 Å². The Morgan fingerprint density at radius 3 is 2.28 bits per heavy atom. The number of likely N-dealkylation sites (N-methyl/N-ethyl adjacent to an activating group) is 1. The predicted molar refractivity (Wildman–Crippen MR) is 74.7 cm³/mol. The highest BCUT2D eigenvalue weighted by Crippen LogP contribution is 2.00. The minimum Gasteiger partial charge on any atom is -0.354 e. The molecule has 1 amide bonds. The molecular weight excluding hydrogens is 228 g/mol. The monoisotopic (exact) mass is 256 g/mol. The van der Waals surface area contributed by atoms with Crippen molar-refractivity contribution in [1.29, 1.82) is 0 Å². The Bertz CT molecular complexity index is 227. The lowest BCUT2D eigenvalue weighted by molar-refractivity contribution is -0.122. The number of rotatable bonds is 8. The van der Waals surface area contributed by atoms with Crippen molar-refractivity contribution in [3.8, 4) is 0 Å². The molecule has 0 saturated carbocycles. The Balaban J connectivity index is 2.02. The van der Waals surface area contributed by atoms with E-state index in [4.69, 9.17) is 0 Å². The zero-order valence-corrected chi connectivity index (χ0v) is 11.9. The third-order valence-corrected chi connectivity index (χ3v) is 3.33. The average Bonchev–Trinajstić information content (AvgIpc) is 2.39. The molecule has 1 fully saturated rings. The number of carbonyl (C=O) groups is 1. The molecule has 18 heavy (non-hydrogen) atoms. The van der Waals surface area contributed by atoms with E-state index in [0.29, 0.717) is 6.54 Å². The third-order valence-electron chi connectivity index (χ3n) is 3.33. The van der Waals surface area contributed by atoms with Crippen molar-refractivity contribution in [2.75, 3.05) is 58.9 Å². The fourth-order valence-corrected chi connectivity index (χ4v) is 2.11. The van der Waals surface area contributed by atoms with E-state index in [1.54, 1.807) is 0 Å². The van der Waals surface area contributed by atoms with Gasteiger partial charge in [0, 0.05) is 39.3 Å². The van der Waals surface area contributed by atoms with Crippen molar-refractivity contribution in [1.82, 2.24) is 20.4 Å². The van der Waals surface area contributed by atoms with Crippen LogP contribution < -0.4 is 10.6 Å². The Morgan fingerprint density at radius 2 is 1.67 bits per heavy atom. The molecule has 0 atom stereocenters. The number of nitrogens with zero attached hydrogens (tertiary/aromatic N) is 2. The third kappa shape index (κ3) is 6.33. The second-order valence-electron chi connectivity index (χ2n) is 4.81. The van der Waals surface area contributed by atoms with Crippen molar-refractivity contribution < 1.29 is 4.79 Å². The summed E-state index contributed by atoms with van der Waals surface area (Å²) in [4.78, 5) is 16.4. The molecule has 106 valence electrons. The van der Waals surface area contributed by atoms with Gasteiger partial charge >= 0.3 is 0 Å². The summed E-state index contributed by atoms with van der Waals surface area (Å²) in [5, 5.41) is 6.23. The molecule has 5 heteroatoms. The predicted octanol–water partition coefficient (Wildman–Crippen LogP) is -0.260. The van der Waals surface area contributed by atoms with Gasteiger partial charge in [0.2, 0.25) is 5.91 Å². The van der Waals surface area contributed by atoms with E-state index in [2.05, 4.69) is 34.3 Å². The van der Waals surface area contributed by atoms with Crippen LogP contribution >= 0.6 is 0 Å². The maximum atomic E-state index is 11.7. The Kier molecular flexibility index (Phi) is 7.96. The SMILES string of the molecule is CCCNCCNC(=O)CN1CCN(CC)CC1. The van der Waals surface area contributed by atoms with Crippen LogP contribution in [0.1, 0.15) is 20.3 Å². The Labute approximate surface area is 111 Å². The van der Waals surface area contributed by atoms with Crippen molar-refractivity contribution in [2.45, 2.75) is 20.3 Å². The van der Waals surface area contributed by atoms with Crippen LogP contribution in [0.3, 0.4) is 0 Å². The first-order valence-electron chi connectivity index (χ1n) is 7.18. The largest absolute Gasteiger partial charge is 0.354 e. The molecule has 0 aliphatic carbocycles. The second kappa shape index (κ2) is 9.30. The summed E-state index contributed by atoms with van der Waals surface area (Å²) in [6.07, 6.45) is 1.13. The molecule has 1 aliphatic heterocycles. The highest BCUT2D eigenvalue weighted by Gasteiger charge is 2.17. The lowest BCUT2D eigenvalue weighted by Gasteiger charge is -2.33. The topological polar surface area (TPSA) is 47.6 Å². The molecule has 0 bridgehead atoms. The van der Waals surface area contributed by atoms with E-state index in [1.165, 1.54) is 0 Å². The first-order valence-corrected chi connectivity index (χ1v) is 7.18. The molecule has 0 unspecified atom stereocenters. The zero-order chi connectivity index (χ0) is 13.2. The van der Waals surface area contributed by atoms with Gasteiger partial charge in [0.1, 0.15) is 0 Å². The van der Waals surface area contributed by atoms with Gasteiger partial charge in [-0.1, -0.05) is 13.8 Å². The highest BCUT2D eigenvalue weighted by molar-refractivity contribution is 5.78. The standard InChI is InChI=1S/C13H28N4O/c1-3-5-14-6-7-15-13(18)12-17-10-8-16(4-2)9-11-17/h14H,3-12H2,1-2H3,(H,15,18). The van der Waals surface area contributed by atoms with Crippen LogP contribution in [0.5, 0.6) is 0 Å². The van der Waals surface area contributed by atoms with Crippen LogP contribution in [0.15, 0.2) is 0 Å². The van der Waals surface area contributed by atoms with Crippen molar-refractivity contribution >= 4 is 5.91 Å². The number of amides is 1. The summed E-state index contributed by atoms with van der Waals surface area (Å²) < 4.78 is 0. The van der Waals surface area contributed by atoms with Gasteiger partial charge in [-0.2, -0.15) is 0 Å². The smallest absolute Gasteiger partial charge is 0.234 e. The van der Waals surface area contributed by atoms with Gasteiger partial charge < -0.3 is 15.5 Å². The van der Waals surface area contributed by atoms with Gasteiger partial charge in [-0.3, -0.25) is 9.69 Å². The second-order valence-corrected chi connectivity index (χ2v) is 4.81. The summed E-state index contributed by atoms with van der Waals surface area (Å²) in [6.45, 7) is 12.8. The number of carbonyl (C=O) groups excluding carboxylic acids is 1. The quantitative estimate of drug-likeness (QED) is 0.588. The van der Waals surface area contributed by atoms with Gasteiger partial charge in [-0.15, -0.1) is 0 Å². The molecular formula is C13H28N4O. The number of piperazine rings is 1. The molecule has 2 N–H and O–H groups in total. The van der Waals surface area contributed by atoms with Crippen molar-refractivity contribution in [3.05, 3.63) is 0 Å². The average molecular weight is 256 g/mol. The van der Waals surface area contributed by atoms with E-state index in [1.807, 2.05) is 0 Å². The van der Waals surface area contributed by atoms with Gasteiger partial charge in [-0.25, -0.2) is 0 Å². The summed E-state index contributed by atoms with van der Waals surface area (Å²) in [6, 6.07) is 0. The Hall–Kier alpha value is -0.650. The summed E-state index contributed by atoms with van der Waals surface area (Å²) in [7, 11) is 0. The first kappa shape index (κ1) is 15.4. The molecule has 0 aromatic rings. The van der Waals surface area contributed by atoms with Crippen LogP contribution in [0.25, 0.3) is 0 Å². The number of nitrogens with one attached hydrogen (secondary N) is 2. The lowest BCUT2D eigenvalue weighted by atomic mass is 10.3. The van der Waals surface area contributed by atoms with Gasteiger partial charge in [0.05, 0.1) is 6.54 Å². The molecule has 0 aromatic heterocycles. The van der Waals surface area contributed by atoms with Crippen LogP contribution in [0.2, 0.25) is 0 Å². The van der Waals surface area contributed by atoms with Gasteiger partial charge in [0.15, 0.2) is 0 Å². The van der Waals surface area contributed by atoms with Crippen LogP contribution in [-0.2, 0) is 4.79 Å². The molecule has 0 spiro atoms. The minimum atomic E-state index is 0.151. The number of hydrogen-bond acceptors (Lipinski definition) is 4. The Morgan fingerprint density at radius 1 is 1.00 bits per heavy atom. The van der Waals surface area contributed by atoms with Crippen molar-refractivity contribution in [2.24, 2.45) is 0 Å². The molecule has 1 saturated heterocycles. The lowest BCUT2D eigenvalue weighted by Crippen LogP contribution is -2.49. The molecule has 1 heterocycles. The molecule has 0 aromatic carbocycles. The minimum absolute atomic E-state index is 0.151. The maximum Gasteiger partial charge on any atom is 0.234 e. The normalized spacial score (nSPS) is 17.9. The van der Waals surface area contributed by atoms with Gasteiger partial charge in [-0.05, 0) is 19.5 Å². The summed E-state index contributed by atoms with van der Waals surface area (Å²) in [5.74, 6) is 0.151.